The van der Waals surface area contributed by atoms with Crippen LogP contribution in [-0.2, 0) is 10.8 Å². The van der Waals surface area contributed by atoms with Gasteiger partial charge in [-0.15, -0.1) is 0 Å². The molecule has 0 aliphatic rings. The molecule has 0 atom stereocenters. The van der Waals surface area contributed by atoms with Gasteiger partial charge < -0.3 is 20.4 Å². The molecule has 212 valence electrons. The predicted molar refractivity (Wildman–Crippen MR) is 165 cm³/mol. The lowest BCUT2D eigenvalue weighted by atomic mass is 9.70. The molecule has 0 amide bonds. The molecule has 4 N–H and O–H groups in total. The Bertz CT molecular complexity index is 1280. The van der Waals surface area contributed by atoms with Gasteiger partial charge in [0.25, 0.3) is 0 Å². The van der Waals surface area contributed by atoms with E-state index in [1.807, 2.05) is 50.2 Å². The Morgan fingerprint density at radius 3 is 0.975 bits per heavy atom. The van der Waals surface area contributed by atoms with Crippen molar-refractivity contribution in [3.63, 3.8) is 0 Å². The Kier molecular flexibility index (Phi) is 9.92. The van der Waals surface area contributed by atoms with E-state index in [9.17, 15) is 20.4 Å². The van der Waals surface area contributed by atoms with Gasteiger partial charge in [0.1, 0.15) is 23.0 Å². The molecular formula is C36H44O4. The Balaban J connectivity index is 0.000000222. The molecule has 4 rings (SSSR count). The molecule has 4 heteroatoms. The van der Waals surface area contributed by atoms with E-state index in [1.54, 1.807) is 36.4 Å². The van der Waals surface area contributed by atoms with Gasteiger partial charge in [-0.1, -0.05) is 76.2 Å². The second-order valence-corrected chi connectivity index (χ2v) is 10.7. The van der Waals surface area contributed by atoms with Crippen molar-refractivity contribution in [2.75, 3.05) is 0 Å². The summed E-state index contributed by atoms with van der Waals surface area (Å²) in [6, 6.07) is 26.6. The minimum absolute atomic E-state index is 0.0681. The topological polar surface area (TPSA) is 80.9 Å². The molecule has 0 heterocycles. The first kappa shape index (κ1) is 30.6. The predicted octanol–water partition coefficient (Wildman–Crippen LogP) is 9.02. The van der Waals surface area contributed by atoms with Crippen LogP contribution in [0.3, 0.4) is 0 Å². The zero-order valence-corrected chi connectivity index (χ0v) is 24.7. The Morgan fingerprint density at radius 2 is 0.700 bits per heavy atom. The minimum Gasteiger partial charge on any atom is -0.508 e. The maximum Gasteiger partial charge on any atom is 0.118 e. The van der Waals surface area contributed by atoms with Gasteiger partial charge in [-0.25, -0.2) is 0 Å². The summed E-state index contributed by atoms with van der Waals surface area (Å²) in [7, 11) is 0. The fraction of sp³-hybridized carbons (Fsp3) is 0.333. The minimum atomic E-state index is -0.0864. The lowest BCUT2D eigenvalue weighted by Crippen LogP contribution is -2.26. The van der Waals surface area contributed by atoms with Gasteiger partial charge in [0.15, 0.2) is 0 Å². The molecule has 0 aliphatic heterocycles. The molecular weight excluding hydrogens is 496 g/mol. The number of phenolic OH excluding ortho intramolecular Hbond substituents is 4. The van der Waals surface area contributed by atoms with Gasteiger partial charge in [-0.2, -0.15) is 0 Å². The van der Waals surface area contributed by atoms with Gasteiger partial charge in [-0.3, -0.25) is 0 Å². The van der Waals surface area contributed by atoms with Crippen LogP contribution in [0, 0.1) is 13.8 Å². The average molecular weight is 541 g/mol. The van der Waals surface area contributed by atoms with Crippen LogP contribution in [-0.4, -0.2) is 20.4 Å². The standard InChI is InChI=1S/C19H24O2.C17H20O2/c1-5-19(6-2,15-7-9-17(20)13(3)11-15)16-8-10-18(21)14(4)12-16;1-3-17(4-2,13-5-9-15(18)10-6-13)14-7-11-16(19)12-8-14/h7-12,20-21H,5-6H2,1-4H3;5-12,18-19H,3-4H2,1-2H3. The third-order valence-corrected chi connectivity index (χ3v) is 8.75. The highest BCUT2D eigenvalue weighted by molar-refractivity contribution is 5.47. The van der Waals surface area contributed by atoms with Crippen molar-refractivity contribution in [1.29, 1.82) is 0 Å². The smallest absolute Gasteiger partial charge is 0.118 e. The van der Waals surface area contributed by atoms with Crippen molar-refractivity contribution in [3.8, 4) is 23.0 Å². The Hall–Kier alpha value is -3.92. The molecule has 0 unspecified atom stereocenters. The molecule has 0 bridgehead atoms. The van der Waals surface area contributed by atoms with Gasteiger partial charge in [0.05, 0.1) is 0 Å². The van der Waals surface area contributed by atoms with Crippen LogP contribution in [0.1, 0.15) is 86.8 Å². The zero-order chi connectivity index (χ0) is 29.5. The number of rotatable bonds is 8. The van der Waals surface area contributed by atoms with Crippen molar-refractivity contribution in [2.45, 2.75) is 78.1 Å². The van der Waals surface area contributed by atoms with E-state index in [0.29, 0.717) is 11.5 Å². The van der Waals surface area contributed by atoms with Crippen molar-refractivity contribution in [2.24, 2.45) is 0 Å². The van der Waals surface area contributed by atoms with E-state index in [1.165, 1.54) is 22.3 Å². The molecule has 0 radical (unpaired) electrons. The molecule has 0 saturated heterocycles. The Morgan fingerprint density at radius 1 is 0.425 bits per heavy atom. The molecule has 0 aromatic heterocycles. The van der Waals surface area contributed by atoms with Gasteiger partial charge in [0, 0.05) is 10.8 Å². The summed E-state index contributed by atoms with van der Waals surface area (Å²) in [5, 5.41) is 38.4. The van der Waals surface area contributed by atoms with E-state index >= 15 is 0 Å². The van der Waals surface area contributed by atoms with Crippen LogP contribution in [0.15, 0.2) is 84.9 Å². The monoisotopic (exact) mass is 540 g/mol. The highest BCUT2D eigenvalue weighted by Gasteiger charge is 2.32. The second kappa shape index (κ2) is 13.0. The number of benzene rings is 4. The molecule has 4 nitrogen and oxygen atoms in total. The van der Waals surface area contributed by atoms with Gasteiger partial charge in [-0.05, 0) is 109 Å². The molecule has 4 aromatic rings. The van der Waals surface area contributed by atoms with Crippen LogP contribution >= 0.6 is 0 Å². The first-order valence-electron chi connectivity index (χ1n) is 14.3. The fourth-order valence-corrected chi connectivity index (χ4v) is 5.93. The van der Waals surface area contributed by atoms with Crippen LogP contribution in [0.4, 0.5) is 0 Å². The SMILES string of the molecule is CCC(CC)(c1ccc(O)c(C)c1)c1ccc(O)c(C)c1.CCC(CC)(c1ccc(O)cc1)c1ccc(O)cc1. The Labute approximate surface area is 239 Å². The fourth-order valence-electron chi connectivity index (χ4n) is 5.93. The third kappa shape index (κ3) is 6.12. The highest BCUT2D eigenvalue weighted by atomic mass is 16.3. The van der Waals surface area contributed by atoms with Crippen molar-refractivity contribution >= 4 is 0 Å². The largest absolute Gasteiger partial charge is 0.508 e. The molecule has 4 aromatic carbocycles. The number of hydrogen-bond donors (Lipinski definition) is 4. The molecule has 0 saturated carbocycles. The van der Waals surface area contributed by atoms with Crippen LogP contribution < -0.4 is 0 Å². The molecule has 0 spiro atoms. The summed E-state index contributed by atoms with van der Waals surface area (Å²) in [6.07, 6.45) is 3.88. The molecule has 0 fully saturated rings. The van der Waals surface area contributed by atoms with E-state index < -0.39 is 0 Å². The van der Waals surface area contributed by atoms with Crippen molar-refractivity contribution in [1.82, 2.24) is 0 Å². The highest BCUT2D eigenvalue weighted by Crippen LogP contribution is 2.42. The average Bonchev–Trinajstić information content (AvgIpc) is 2.96. The number of aromatic hydroxyl groups is 4. The first-order chi connectivity index (χ1) is 19.1. The maximum atomic E-state index is 9.77. The second-order valence-electron chi connectivity index (χ2n) is 10.7. The normalized spacial score (nSPS) is 11.6. The summed E-state index contributed by atoms with van der Waals surface area (Å²) in [5.41, 5.74) is 6.46. The zero-order valence-electron chi connectivity index (χ0n) is 24.7. The molecule has 40 heavy (non-hydrogen) atoms. The van der Waals surface area contributed by atoms with Crippen LogP contribution in [0.5, 0.6) is 23.0 Å². The summed E-state index contributed by atoms with van der Waals surface area (Å²) in [5.74, 6) is 1.25. The van der Waals surface area contributed by atoms with E-state index in [4.69, 9.17) is 0 Å². The lowest BCUT2D eigenvalue weighted by molar-refractivity contribution is 0.457. The summed E-state index contributed by atoms with van der Waals surface area (Å²) in [6.45, 7) is 12.6. The lowest BCUT2D eigenvalue weighted by Gasteiger charge is -2.34. The third-order valence-electron chi connectivity index (χ3n) is 8.75. The van der Waals surface area contributed by atoms with Crippen molar-refractivity contribution < 1.29 is 20.4 Å². The summed E-state index contributed by atoms with van der Waals surface area (Å²) >= 11 is 0. The number of phenols is 4. The van der Waals surface area contributed by atoms with Gasteiger partial charge in [0.2, 0.25) is 0 Å². The maximum absolute atomic E-state index is 9.77. The van der Waals surface area contributed by atoms with Gasteiger partial charge >= 0.3 is 0 Å². The summed E-state index contributed by atoms with van der Waals surface area (Å²) < 4.78 is 0. The first-order valence-corrected chi connectivity index (χ1v) is 14.3. The van der Waals surface area contributed by atoms with E-state index in [-0.39, 0.29) is 22.3 Å². The van der Waals surface area contributed by atoms with E-state index in [0.717, 1.165) is 36.8 Å². The number of aryl methyl sites for hydroxylation is 2. The van der Waals surface area contributed by atoms with Crippen molar-refractivity contribution in [3.05, 3.63) is 118 Å². The van der Waals surface area contributed by atoms with Crippen LogP contribution in [0.25, 0.3) is 0 Å². The van der Waals surface area contributed by atoms with E-state index in [2.05, 4.69) is 39.8 Å². The summed E-state index contributed by atoms with van der Waals surface area (Å²) in [4.78, 5) is 0. The molecule has 0 aliphatic carbocycles. The van der Waals surface area contributed by atoms with Crippen LogP contribution in [0.2, 0.25) is 0 Å². The quantitative estimate of drug-likeness (QED) is 0.180. The number of hydrogen-bond acceptors (Lipinski definition) is 4.